The molecule has 2 aromatic rings. The molecule has 0 radical (unpaired) electrons. The van der Waals surface area contributed by atoms with E-state index in [1.807, 2.05) is 36.0 Å². The molecule has 1 N–H and O–H groups in total. The van der Waals surface area contributed by atoms with Crippen LogP contribution in [0.25, 0.3) is 10.9 Å². The van der Waals surface area contributed by atoms with Crippen LogP contribution in [0, 0.1) is 4.77 Å². The van der Waals surface area contributed by atoms with Gasteiger partial charge in [-0.15, -0.1) is 0 Å². The van der Waals surface area contributed by atoms with Crippen molar-refractivity contribution in [2.24, 2.45) is 0 Å². The summed E-state index contributed by atoms with van der Waals surface area (Å²) < 4.78 is 2.28. The van der Waals surface area contributed by atoms with Crippen molar-refractivity contribution in [2.45, 2.75) is 38.0 Å². The fourth-order valence-corrected chi connectivity index (χ4v) is 3.55. The van der Waals surface area contributed by atoms with Crippen molar-refractivity contribution in [3.63, 3.8) is 0 Å². The van der Waals surface area contributed by atoms with Crippen LogP contribution in [-0.2, 0) is 6.54 Å². The van der Waals surface area contributed by atoms with E-state index in [9.17, 15) is 4.79 Å². The lowest BCUT2D eigenvalue weighted by Crippen LogP contribution is -2.35. The number of fused-ring (bicyclic) bond motifs is 1. The number of nitrogens with zero attached hydrogens (tertiary/aromatic N) is 1. The number of aromatic amines is 1. The van der Waals surface area contributed by atoms with Crippen LogP contribution in [0.5, 0.6) is 0 Å². The van der Waals surface area contributed by atoms with Crippen LogP contribution < -0.4 is 5.56 Å². The average molecular weight is 308 g/mol. The van der Waals surface area contributed by atoms with Crippen LogP contribution in [0.1, 0.15) is 26.7 Å². The lowest BCUT2D eigenvalue weighted by Gasteiger charge is -2.30. The highest BCUT2D eigenvalue weighted by Gasteiger charge is 2.26. The van der Waals surface area contributed by atoms with E-state index in [2.05, 4.69) is 25.1 Å². The number of para-hydroxylation sites is 1. The largest absolute Gasteiger partial charge is 0.332 e. The lowest BCUT2D eigenvalue weighted by molar-refractivity contribution is 0.453. The molecule has 0 aliphatic rings. The first-order valence-electron chi connectivity index (χ1n) is 6.84. The zero-order valence-corrected chi connectivity index (χ0v) is 13.7. The second-order valence-electron chi connectivity index (χ2n) is 4.96. The molecule has 0 saturated carbocycles. The summed E-state index contributed by atoms with van der Waals surface area (Å²) in [4.78, 5) is 15.8. The molecule has 0 saturated heterocycles. The quantitative estimate of drug-likeness (QED) is 0.849. The van der Waals surface area contributed by atoms with Gasteiger partial charge >= 0.3 is 0 Å². The first kappa shape index (κ1) is 15.3. The molecule has 0 spiro atoms. The molecule has 0 aliphatic heterocycles. The molecule has 0 fully saturated rings. The van der Waals surface area contributed by atoms with Crippen molar-refractivity contribution >= 4 is 34.9 Å². The van der Waals surface area contributed by atoms with E-state index in [0.717, 1.165) is 18.4 Å². The Morgan fingerprint density at radius 1 is 1.30 bits per heavy atom. The van der Waals surface area contributed by atoms with Crippen molar-refractivity contribution in [1.29, 1.82) is 0 Å². The molecule has 0 aliphatic carbocycles. The van der Waals surface area contributed by atoms with Gasteiger partial charge in [0.2, 0.25) is 0 Å². The molecular formula is C15H20N2OS2. The van der Waals surface area contributed by atoms with E-state index < -0.39 is 0 Å². The Kier molecular flexibility index (Phi) is 4.70. The molecule has 20 heavy (non-hydrogen) atoms. The van der Waals surface area contributed by atoms with Gasteiger partial charge in [0.05, 0.1) is 10.9 Å². The summed E-state index contributed by atoms with van der Waals surface area (Å²) in [5, 5.41) is 0.698. The molecule has 0 unspecified atom stereocenters. The highest BCUT2D eigenvalue weighted by atomic mass is 32.2. The van der Waals surface area contributed by atoms with E-state index in [1.165, 1.54) is 0 Å². The summed E-state index contributed by atoms with van der Waals surface area (Å²) in [6, 6.07) is 7.52. The monoisotopic (exact) mass is 308 g/mol. The zero-order valence-electron chi connectivity index (χ0n) is 12.1. The van der Waals surface area contributed by atoms with Gasteiger partial charge in [-0.3, -0.25) is 9.36 Å². The van der Waals surface area contributed by atoms with E-state index >= 15 is 0 Å². The molecule has 0 bridgehead atoms. The molecule has 3 nitrogen and oxygen atoms in total. The SMILES string of the molecule is CCC(CC)(Cn1c(=S)[nH]c2ccccc2c1=O)SC. The number of aromatic nitrogens is 2. The summed E-state index contributed by atoms with van der Waals surface area (Å²) in [5.74, 6) is 0. The predicted molar refractivity (Wildman–Crippen MR) is 90.2 cm³/mol. The maximum atomic E-state index is 12.6. The van der Waals surface area contributed by atoms with Gasteiger partial charge in [-0.25, -0.2) is 0 Å². The van der Waals surface area contributed by atoms with Gasteiger partial charge < -0.3 is 4.98 Å². The van der Waals surface area contributed by atoms with Gasteiger partial charge in [0, 0.05) is 11.3 Å². The van der Waals surface area contributed by atoms with Crippen LogP contribution >= 0.6 is 24.0 Å². The Morgan fingerprint density at radius 3 is 2.55 bits per heavy atom. The van der Waals surface area contributed by atoms with Gasteiger partial charge in [-0.05, 0) is 43.4 Å². The third kappa shape index (κ3) is 2.69. The minimum Gasteiger partial charge on any atom is -0.332 e. The standard InChI is InChI=1S/C15H20N2OS2/c1-4-15(5-2,20-3)10-17-13(18)11-8-6-7-9-12(11)16-14(17)19/h6-9H,4-5,10H2,1-3H3,(H,16,19). The van der Waals surface area contributed by atoms with Crippen molar-refractivity contribution in [3.8, 4) is 0 Å². The summed E-state index contributed by atoms with van der Waals surface area (Å²) in [6.07, 6.45) is 4.13. The normalized spacial score (nSPS) is 11.9. The number of hydrogen-bond donors (Lipinski definition) is 1. The van der Waals surface area contributed by atoms with Gasteiger partial charge in [0.25, 0.3) is 5.56 Å². The van der Waals surface area contributed by atoms with E-state index in [-0.39, 0.29) is 10.3 Å². The third-order valence-electron chi connectivity index (χ3n) is 4.06. The molecular weight excluding hydrogens is 288 g/mol. The maximum Gasteiger partial charge on any atom is 0.262 e. The second kappa shape index (κ2) is 6.14. The number of rotatable bonds is 5. The molecule has 1 aromatic heterocycles. The number of benzene rings is 1. The molecule has 0 amide bonds. The Balaban J connectivity index is 2.61. The van der Waals surface area contributed by atoms with E-state index in [4.69, 9.17) is 12.2 Å². The Hall–Kier alpha value is -1.07. The topological polar surface area (TPSA) is 37.8 Å². The molecule has 2 rings (SSSR count). The van der Waals surface area contributed by atoms with E-state index in [1.54, 1.807) is 4.57 Å². The lowest BCUT2D eigenvalue weighted by atomic mass is 10.0. The number of H-pyrrole nitrogens is 1. The Labute approximate surface area is 128 Å². The first-order valence-corrected chi connectivity index (χ1v) is 8.47. The minimum atomic E-state index is 0.00433. The number of nitrogens with one attached hydrogen (secondary N) is 1. The molecule has 108 valence electrons. The van der Waals surface area contributed by atoms with Gasteiger partial charge in [0.1, 0.15) is 0 Å². The van der Waals surface area contributed by atoms with E-state index in [0.29, 0.717) is 16.7 Å². The summed E-state index contributed by atoms with van der Waals surface area (Å²) in [5.41, 5.74) is 0.811. The van der Waals surface area contributed by atoms with Crippen LogP contribution in [0.3, 0.4) is 0 Å². The van der Waals surface area contributed by atoms with Crippen molar-refractivity contribution in [3.05, 3.63) is 39.4 Å². The fourth-order valence-electron chi connectivity index (χ4n) is 2.46. The van der Waals surface area contributed by atoms with Crippen molar-refractivity contribution < 1.29 is 0 Å². The van der Waals surface area contributed by atoms with Crippen molar-refractivity contribution in [2.75, 3.05) is 6.26 Å². The number of hydrogen-bond acceptors (Lipinski definition) is 3. The summed E-state index contributed by atoms with van der Waals surface area (Å²) in [7, 11) is 0. The molecule has 5 heteroatoms. The smallest absolute Gasteiger partial charge is 0.262 e. The highest BCUT2D eigenvalue weighted by molar-refractivity contribution is 8.00. The van der Waals surface area contributed by atoms with Gasteiger partial charge in [-0.2, -0.15) is 11.8 Å². The molecule has 1 heterocycles. The summed E-state index contributed by atoms with van der Waals surface area (Å²) in [6.45, 7) is 4.98. The van der Waals surface area contributed by atoms with Gasteiger partial charge in [0.15, 0.2) is 4.77 Å². The van der Waals surface area contributed by atoms with Crippen molar-refractivity contribution in [1.82, 2.24) is 9.55 Å². The molecule has 0 atom stereocenters. The third-order valence-corrected chi connectivity index (χ3v) is 5.95. The minimum absolute atomic E-state index is 0.00433. The maximum absolute atomic E-state index is 12.6. The van der Waals surface area contributed by atoms with Crippen LogP contribution in [0.4, 0.5) is 0 Å². The summed E-state index contributed by atoms with van der Waals surface area (Å²) >= 11 is 7.19. The predicted octanol–water partition coefficient (Wildman–Crippen LogP) is 3.98. The number of thioether (sulfide) groups is 1. The van der Waals surface area contributed by atoms with Gasteiger partial charge in [-0.1, -0.05) is 26.0 Å². The second-order valence-corrected chi connectivity index (χ2v) is 6.62. The fraction of sp³-hybridized carbons (Fsp3) is 0.467. The highest BCUT2D eigenvalue weighted by Crippen LogP contribution is 2.32. The average Bonchev–Trinajstić information content (AvgIpc) is 2.48. The Bertz CT molecular complexity index is 705. The molecule has 1 aromatic carbocycles. The van der Waals surface area contributed by atoms with Crippen LogP contribution in [-0.4, -0.2) is 20.6 Å². The first-order chi connectivity index (χ1) is 9.56. The van der Waals surface area contributed by atoms with Crippen LogP contribution in [0.15, 0.2) is 29.1 Å². The Morgan fingerprint density at radius 2 is 1.95 bits per heavy atom. The zero-order chi connectivity index (χ0) is 14.8. The van der Waals surface area contributed by atoms with Crippen LogP contribution in [0.2, 0.25) is 0 Å².